The summed E-state index contributed by atoms with van der Waals surface area (Å²) in [6.45, 7) is 8.37. The number of aryl methyl sites for hydroxylation is 3. The predicted octanol–water partition coefficient (Wildman–Crippen LogP) is 5.26. The third kappa shape index (κ3) is 5.11. The molecule has 4 heteroatoms. The Morgan fingerprint density at radius 3 is 2.45 bits per heavy atom. The van der Waals surface area contributed by atoms with Crippen LogP contribution in [0.4, 0.5) is 0 Å². The summed E-state index contributed by atoms with van der Waals surface area (Å²) in [4.78, 5) is 12.5. The zero-order chi connectivity index (χ0) is 21.0. The zero-order valence-corrected chi connectivity index (χ0v) is 18.3. The van der Waals surface area contributed by atoms with Crippen LogP contribution in [-0.2, 0) is 17.6 Å². The molecule has 0 radical (unpaired) electrons. The van der Waals surface area contributed by atoms with Gasteiger partial charge in [-0.2, -0.15) is 0 Å². The van der Waals surface area contributed by atoms with Gasteiger partial charge in [0.1, 0.15) is 11.5 Å². The molecule has 1 amide bonds. The zero-order valence-electron chi connectivity index (χ0n) is 18.3. The molecule has 3 rings (SSSR count). The van der Waals surface area contributed by atoms with Gasteiger partial charge in [-0.3, -0.25) is 4.79 Å². The molecule has 1 aliphatic rings. The molecule has 0 heterocycles. The van der Waals surface area contributed by atoms with E-state index in [0.29, 0.717) is 5.92 Å². The molecular formula is C25H33NO3. The Labute approximate surface area is 174 Å². The molecule has 0 aromatic heterocycles. The van der Waals surface area contributed by atoms with Gasteiger partial charge in [0, 0.05) is 0 Å². The van der Waals surface area contributed by atoms with E-state index in [1.54, 1.807) is 7.11 Å². The van der Waals surface area contributed by atoms with Gasteiger partial charge in [0.05, 0.1) is 13.2 Å². The van der Waals surface area contributed by atoms with Gasteiger partial charge in [0.2, 0.25) is 0 Å². The highest BCUT2D eigenvalue weighted by Gasteiger charge is 2.17. The number of fused-ring (bicyclic) bond motifs is 1. The van der Waals surface area contributed by atoms with Gasteiger partial charge < -0.3 is 14.8 Å². The number of carbonyl (C=O) groups is 1. The molecule has 2 aromatic carbocycles. The van der Waals surface area contributed by atoms with Gasteiger partial charge in [0.25, 0.3) is 5.91 Å². The smallest absolute Gasteiger partial charge is 0.258 e. The van der Waals surface area contributed by atoms with Crippen molar-refractivity contribution in [2.24, 2.45) is 0 Å². The number of benzene rings is 2. The lowest BCUT2D eigenvalue weighted by atomic mass is 9.92. The van der Waals surface area contributed by atoms with E-state index in [0.717, 1.165) is 41.0 Å². The van der Waals surface area contributed by atoms with Crippen molar-refractivity contribution >= 4 is 5.91 Å². The number of methoxy groups -OCH3 is 1. The first-order chi connectivity index (χ1) is 13.9. The first-order valence-electron chi connectivity index (χ1n) is 10.6. The molecule has 156 valence electrons. The van der Waals surface area contributed by atoms with Crippen molar-refractivity contribution in [2.75, 3.05) is 13.7 Å². The molecular weight excluding hydrogens is 362 g/mol. The van der Waals surface area contributed by atoms with Crippen LogP contribution < -0.4 is 14.8 Å². The molecule has 1 aliphatic carbocycles. The van der Waals surface area contributed by atoms with E-state index in [-0.39, 0.29) is 18.6 Å². The highest BCUT2D eigenvalue weighted by atomic mass is 16.5. The van der Waals surface area contributed by atoms with Gasteiger partial charge in [0.15, 0.2) is 6.61 Å². The summed E-state index contributed by atoms with van der Waals surface area (Å²) in [5, 5.41) is 3.07. The molecule has 0 saturated heterocycles. The van der Waals surface area contributed by atoms with Crippen molar-refractivity contribution in [3.05, 3.63) is 58.1 Å². The maximum Gasteiger partial charge on any atom is 0.258 e. The fourth-order valence-corrected chi connectivity index (χ4v) is 4.12. The molecule has 0 spiro atoms. The molecule has 29 heavy (non-hydrogen) atoms. The minimum atomic E-state index is -0.114. The van der Waals surface area contributed by atoms with Crippen LogP contribution in [0.5, 0.6) is 11.5 Å². The van der Waals surface area contributed by atoms with E-state index < -0.39 is 0 Å². The van der Waals surface area contributed by atoms with Gasteiger partial charge >= 0.3 is 0 Å². The first kappa shape index (κ1) is 21.2. The van der Waals surface area contributed by atoms with E-state index in [1.165, 1.54) is 24.0 Å². The van der Waals surface area contributed by atoms with Crippen molar-refractivity contribution in [3.63, 3.8) is 0 Å². The number of nitrogens with one attached hydrogen (secondary N) is 1. The Balaban J connectivity index is 1.63. The normalized spacial score (nSPS) is 14.3. The highest BCUT2D eigenvalue weighted by Crippen LogP contribution is 2.32. The van der Waals surface area contributed by atoms with Crippen LogP contribution in [0.1, 0.15) is 73.4 Å². The van der Waals surface area contributed by atoms with Crippen molar-refractivity contribution in [2.45, 2.75) is 65.3 Å². The molecule has 1 atom stereocenters. The Kier molecular flexibility index (Phi) is 6.83. The minimum Gasteiger partial charge on any atom is -0.496 e. The Morgan fingerprint density at radius 1 is 1.03 bits per heavy atom. The Hall–Kier alpha value is -2.49. The fourth-order valence-electron chi connectivity index (χ4n) is 4.12. The summed E-state index contributed by atoms with van der Waals surface area (Å²) in [7, 11) is 1.70. The van der Waals surface area contributed by atoms with Crippen LogP contribution in [0.3, 0.4) is 0 Å². The standard InChI is InChI=1S/C25H33NO3/c1-16(2)22-14-23(17(3)12-24(22)28-5)18(4)26-25(27)15-29-21-11-10-19-8-6-7-9-20(19)13-21/h10-14,16,18H,6-9,15H2,1-5H3,(H,26,27)/t18-/m1/s1. The summed E-state index contributed by atoms with van der Waals surface area (Å²) in [6.07, 6.45) is 4.74. The Bertz CT molecular complexity index is 873. The molecule has 4 nitrogen and oxygen atoms in total. The van der Waals surface area contributed by atoms with Crippen LogP contribution >= 0.6 is 0 Å². The number of carbonyl (C=O) groups excluding carboxylic acids is 1. The maximum absolute atomic E-state index is 12.5. The average Bonchev–Trinajstić information content (AvgIpc) is 2.71. The van der Waals surface area contributed by atoms with Crippen LogP contribution in [0.2, 0.25) is 0 Å². The number of amides is 1. The molecule has 0 aliphatic heterocycles. The van der Waals surface area contributed by atoms with E-state index in [2.05, 4.69) is 43.4 Å². The lowest BCUT2D eigenvalue weighted by Gasteiger charge is -2.21. The molecule has 0 saturated carbocycles. The van der Waals surface area contributed by atoms with Gasteiger partial charge in [-0.1, -0.05) is 19.9 Å². The second-order valence-electron chi connectivity index (χ2n) is 8.32. The van der Waals surface area contributed by atoms with Crippen molar-refractivity contribution < 1.29 is 14.3 Å². The number of ether oxygens (including phenoxy) is 2. The van der Waals surface area contributed by atoms with Crippen molar-refractivity contribution in [1.82, 2.24) is 5.32 Å². The summed E-state index contributed by atoms with van der Waals surface area (Å²) in [6, 6.07) is 10.3. The second-order valence-corrected chi connectivity index (χ2v) is 8.32. The van der Waals surface area contributed by atoms with Crippen LogP contribution in [0.15, 0.2) is 30.3 Å². The lowest BCUT2D eigenvalue weighted by Crippen LogP contribution is -2.31. The van der Waals surface area contributed by atoms with Crippen molar-refractivity contribution in [3.8, 4) is 11.5 Å². The van der Waals surface area contributed by atoms with Crippen LogP contribution in [-0.4, -0.2) is 19.6 Å². The monoisotopic (exact) mass is 395 g/mol. The van der Waals surface area contributed by atoms with E-state index in [9.17, 15) is 4.79 Å². The molecule has 0 bridgehead atoms. The second kappa shape index (κ2) is 9.34. The van der Waals surface area contributed by atoms with Gasteiger partial charge in [-0.15, -0.1) is 0 Å². The molecule has 0 fully saturated rings. The maximum atomic E-state index is 12.5. The van der Waals surface area contributed by atoms with Crippen LogP contribution in [0, 0.1) is 6.92 Å². The van der Waals surface area contributed by atoms with Gasteiger partial charge in [-0.05, 0) is 97.5 Å². The van der Waals surface area contributed by atoms with Gasteiger partial charge in [-0.25, -0.2) is 0 Å². The summed E-state index contributed by atoms with van der Waals surface area (Å²) in [5.41, 5.74) is 6.14. The average molecular weight is 396 g/mol. The number of hydrogen-bond donors (Lipinski definition) is 1. The molecule has 2 aromatic rings. The SMILES string of the molecule is COc1cc(C)c([C@@H](C)NC(=O)COc2ccc3c(c2)CCCC3)cc1C(C)C. The fraction of sp³-hybridized carbons (Fsp3) is 0.480. The third-order valence-electron chi connectivity index (χ3n) is 5.77. The number of rotatable bonds is 7. The largest absolute Gasteiger partial charge is 0.496 e. The predicted molar refractivity (Wildman–Crippen MR) is 117 cm³/mol. The van der Waals surface area contributed by atoms with E-state index in [4.69, 9.17) is 9.47 Å². The number of hydrogen-bond acceptors (Lipinski definition) is 3. The molecule has 1 N–H and O–H groups in total. The van der Waals surface area contributed by atoms with E-state index >= 15 is 0 Å². The van der Waals surface area contributed by atoms with E-state index in [1.807, 2.05) is 19.9 Å². The summed E-state index contributed by atoms with van der Waals surface area (Å²) >= 11 is 0. The molecule has 0 unspecified atom stereocenters. The first-order valence-corrected chi connectivity index (χ1v) is 10.6. The quantitative estimate of drug-likeness (QED) is 0.695. The summed E-state index contributed by atoms with van der Waals surface area (Å²) in [5.74, 6) is 1.91. The van der Waals surface area contributed by atoms with Crippen molar-refractivity contribution in [1.29, 1.82) is 0 Å². The summed E-state index contributed by atoms with van der Waals surface area (Å²) < 4.78 is 11.3. The highest BCUT2D eigenvalue weighted by molar-refractivity contribution is 5.78. The van der Waals surface area contributed by atoms with Crippen LogP contribution in [0.25, 0.3) is 0 Å². The minimum absolute atomic E-state index is 0.0232. The third-order valence-corrected chi connectivity index (χ3v) is 5.77. The topological polar surface area (TPSA) is 47.6 Å². The lowest BCUT2D eigenvalue weighted by molar-refractivity contribution is -0.123. The Morgan fingerprint density at radius 2 is 1.76 bits per heavy atom.